The predicted molar refractivity (Wildman–Crippen MR) is 110 cm³/mol. The second kappa shape index (κ2) is 6.53. The minimum absolute atomic E-state index is 0.129. The number of fused-ring (bicyclic) bond motifs is 4. The lowest BCUT2D eigenvalue weighted by Crippen LogP contribution is -2.49. The van der Waals surface area contributed by atoms with Crippen molar-refractivity contribution in [1.82, 2.24) is 0 Å². The highest BCUT2D eigenvalue weighted by molar-refractivity contribution is 5.88. The number of aliphatic hydroxyl groups is 1. The van der Waals surface area contributed by atoms with Gasteiger partial charge < -0.3 is 9.84 Å². The van der Waals surface area contributed by atoms with Crippen LogP contribution in [0.2, 0.25) is 0 Å². The summed E-state index contributed by atoms with van der Waals surface area (Å²) in [6.07, 6.45) is 5.44. The number of hydrogen-bond donors (Lipinski definition) is 1. The molecule has 5 rings (SSSR count). The van der Waals surface area contributed by atoms with Gasteiger partial charge in [-0.2, -0.15) is 0 Å². The fourth-order valence-electron chi connectivity index (χ4n) is 7.01. The van der Waals surface area contributed by atoms with E-state index in [-0.39, 0.29) is 23.5 Å². The highest BCUT2D eigenvalue weighted by Crippen LogP contribution is 2.63. The SMILES string of the molecule is COc1ccc([C@H]2C[C@]3(C)C(=O)CC[C@H]3[C@@H]3CC[C@@]4(O)CC(=O)CCC4=C32)cc1. The van der Waals surface area contributed by atoms with E-state index in [2.05, 4.69) is 19.1 Å². The van der Waals surface area contributed by atoms with Crippen molar-refractivity contribution < 1.29 is 19.4 Å². The average Bonchev–Trinajstić information content (AvgIpc) is 3.01. The quantitative estimate of drug-likeness (QED) is 0.757. The van der Waals surface area contributed by atoms with E-state index in [1.165, 1.54) is 11.1 Å². The highest BCUT2D eigenvalue weighted by atomic mass is 16.5. The summed E-state index contributed by atoms with van der Waals surface area (Å²) in [5.74, 6) is 2.25. The molecule has 3 fully saturated rings. The molecule has 0 aliphatic heterocycles. The van der Waals surface area contributed by atoms with Crippen LogP contribution in [0.5, 0.6) is 5.75 Å². The van der Waals surface area contributed by atoms with Gasteiger partial charge in [0.05, 0.1) is 12.7 Å². The van der Waals surface area contributed by atoms with Crippen molar-refractivity contribution in [3.05, 3.63) is 41.0 Å². The molecule has 29 heavy (non-hydrogen) atoms. The number of rotatable bonds is 2. The Morgan fingerprint density at radius 1 is 1.07 bits per heavy atom. The number of carbonyl (C=O) groups excluding carboxylic acids is 2. The molecule has 4 aliphatic rings. The first-order valence-corrected chi connectivity index (χ1v) is 11.0. The Hall–Kier alpha value is -1.94. The molecule has 4 aliphatic carbocycles. The van der Waals surface area contributed by atoms with Crippen LogP contribution in [0.3, 0.4) is 0 Å². The Morgan fingerprint density at radius 2 is 1.83 bits per heavy atom. The molecule has 4 heteroatoms. The maximum Gasteiger partial charge on any atom is 0.139 e. The van der Waals surface area contributed by atoms with Crippen LogP contribution in [0.15, 0.2) is 35.4 Å². The summed E-state index contributed by atoms with van der Waals surface area (Å²) in [6, 6.07) is 8.19. The van der Waals surface area contributed by atoms with Crippen LogP contribution >= 0.6 is 0 Å². The van der Waals surface area contributed by atoms with Crippen LogP contribution in [0.1, 0.15) is 69.8 Å². The number of Topliss-reactive ketones (excluding diaryl/α,β-unsaturated/α-hetero) is 2. The van der Waals surface area contributed by atoms with Gasteiger partial charge in [-0.15, -0.1) is 0 Å². The zero-order valence-electron chi connectivity index (χ0n) is 17.4. The van der Waals surface area contributed by atoms with E-state index in [9.17, 15) is 14.7 Å². The number of ether oxygens (including phenoxy) is 1. The summed E-state index contributed by atoms with van der Waals surface area (Å²) in [5, 5.41) is 11.4. The molecule has 4 nitrogen and oxygen atoms in total. The number of hydrogen-bond acceptors (Lipinski definition) is 4. The standard InChI is InChI=1S/C25H30O4/c1-24-14-19(15-3-6-17(29-2)7-4-15)23-18(20(24)9-10-22(24)27)11-12-25(28)13-16(26)5-8-21(23)25/h3-4,6-7,18-20,28H,5,8-14H2,1-2H3/t18-,19+,20-,24-,25+/m0/s1. The van der Waals surface area contributed by atoms with Gasteiger partial charge in [-0.3, -0.25) is 9.59 Å². The van der Waals surface area contributed by atoms with Gasteiger partial charge in [0.1, 0.15) is 17.3 Å². The molecule has 0 amide bonds. The number of allylic oxidation sites excluding steroid dienone is 1. The van der Waals surface area contributed by atoms with E-state index >= 15 is 0 Å². The summed E-state index contributed by atoms with van der Waals surface area (Å²) < 4.78 is 5.34. The molecule has 154 valence electrons. The molecule has 0 unspecified atom stereocenters. The molecule has 1 aromatic carbocycles. The lowest BCUT2D eigenvalue weighted by atomic mass is 9.51. The van der Waals surface area contributed by atoms with E-state index in [0.717, 1.165) is 30.6 Å². The fourth-order valence-corrected chi connectivity index (χ4v) is 7.01. The van der Waals surface area contributed by atoms with Crippen molar-refractivity contribution in [2.24, 2.45) is 17.3 Å². The van der Waals surface area contributed by atoms with Gasteiger partial charge in [0, 0.05) is 30.6 Å². The lowest BCUT2D eigenvalue weighted by molar-refractivity contribution is -0.129. The highest BCUT2D eigenvalue weighted by Gasteiger charge is 2.58. The fraction of sp³-hybridized carbons (Fsp3) is 0.600. The second-order valence-electron chi connectivity index (χ2n) is 9.84. The number of carbonyl (C=O) groups is 2. The summed E-state index contributed by atoms with van der Waals surface area (Å²) in [5.41, 5.74) is 2.42. The summed E-state index contributed by atoms with van der Waals surface area (Å²) in [4.78, 5) is 25.1. The molecular weight excluding hydrogens is 364 g/mol. The maximum atomic E-state index is 12.9. The van der Waals surface area contributed by atoms with Crippen LogP contribution in [0.4, 0.5) is 0 Å². The van der Waals surface area contributed by atoms with E-state index in [4.69, 9.17) is 4.74 Å². The Kier molecular flexibility index (Phi) is 4.29. The van der Waals surface area contributed by atoms with Gasteiger partial charge in [-0.1, -0.05) is 24.6 Å². The third-order valence-electron chi connectivity index (χ3n) is 8.47. The first-order chi connectivity index (χ1) is 13.9. The van der Waals surface area contributed by atoms with E-state index in [1.54, 1.807) is 7.11 Å². The number of benzene rings is 1. The van der Waals surface area contributed by atoms with Gasteiger partial charge in [0.25, 0.3) is 0 Å². The van der Waals surface area contributed by atoms with Gasteiger partial charge in [0.2, 0.25) is 0 Å². The first kappa shape index (κ1) is 19.0. The van der Waals surface area contributed by atoms with Crippen LogP contribution in [-0.2, 0) is 9.59 Å². The van der Waals surface area contributed by atoms with E-state index < -0.39 is 5.60 Å². The van der Waals surface area contributed by atoms with Crippen LogP contribution in [0.25, 0.3) is 0 Å². The van der Waals surface area contributed by atoms with Gasteiger partial charge in [-0.25, -0.2) is 0 Å². The molecule has 1 N–H and O–H groups in total. The minimum Gasteiger partial charge on any atom is -0.497 e. The Morgan fingerprint density at radius 3 is 2.55 bits per heavy atom. The van der Waals surface area contributed by atoms with Crippen LogP contribution < -0.4 is 4.74 Å². The number of methoxy groups -OCH3 is 1. The molecule has 0 radical (unpaired) electrons. The van der Waals surface area contributed by atoms with Crippen molar-refractivity contribution in [3.8, 4) is 5.75 Å². The molecule has 0 bridgehead atoms. The van der Waals surface area contributed by atoms with Crippen LogP contribution in [-0.4, -0.2) is 29.4 Å². The zero-order chi connectivity index (χ0) is 20.4. The smallest absolute Gasteiger partial charge is 0.139 e. The van der Waals surface area contributed by atoms with Gasteiger partial charge in [-0.05, 0) is 67.2 Å². The lowest BCUT2D eigenvalue weighted by Gasteiger charge is -2.53. The van der Waals surface area contributed by atoms with Crippen molar-refractivity contribution >= 4 is 11.6 Å². The van der Waals surface area contributed by atoms with Crippen molar-refractivity contribution in [2.45, 2.75) is 69.8 Å². The largest absolute Gasteiger partial charge is 0.497 e. The topological polar surface area (TPSA) is 63.6 Å². The third kappa shape index (κ3) is 2.75. The van der Waals surface area contributed by atoms with Crippen molar-refractivity contribution in [3.63, 3.8) is 0 Å². The molecule has 5 atom stereocenters. The summed E-state index contributed by atoms with van der Waals surface area (Å²) in [7, 11) is 1.67. The van der Waals surface area contributed by atoms with Crippen LogP contribution in [0, 0.1) is 17.3 Å². The van der Waals surface area contributed by atoms with Crippen molar-refractivity contribution in [2.75, 3.05) is 7.11 Å². The maximum absolute atomic E-state index is 12.9. The molecule has 0 spiro atoms. The zero-order valence-corrected chi connectivity index (χ0v) is 17.4. The van der Waals surface area contributed by atoms with E-state index in [1.807, 2.05) is 12.1 Å². The predicted octanol–water partition coefficient (Wildman–Crippen LogP) is 4.36. The summed E-state index contributed by atoms with van der Waals surface area (Å²) in [6.45, 7) is 2.18. The minimum atomic E-state index is -0.970. The Bertz CT molecular complexity index is 898. The summed E-state index contributed by atoms with van der Waals surface area (Å²) >= 11 is 0. The monoisotopic (exact) mass is 394 g/mol. The molecule has 0 aromatic heterocycles. The Balaban J connectivity index is 1.67. The van der Waals surface area contributed by atoms with Crippen molar-refractivity contribution in [1.29, 1.82) is 0 Å². The normalized spacial score (nSPS) is 39.1. The molecular formula is C25H30O4. The molecule has 0 saturated heterocycles. The van der Waals surface area contributed by atoms with Gasteiger partial charge in [0.15, 0.2) is 0 Å². The van der Waals surface area contributed by atoms with Gasteiger partial charge >= 0.3 is 0 Å². The Labute approximate surface area is 172 Å². The molecule has 1 aromatic rings. The molecule has 0 heterocycles. The molecule has 3 saturated carbocycles. The van der Waals surface area contributed by atoms with E-state index in [0.29, 0.717) is 43.3 Å². The third-order valence-corrected chi connectivity index (χ3v) is 8.47. The average molecular weight is 395 g/mol. The number of ketones is 2. The first-order valence-electron chi connectivity index (χ1n) is 11.0. The second-order valence-corrected chi connectivity index (χ2v) is 9.84.